The van der Waals surface area contributed by atoms with Crippen LogP contribution in [0.2, 0.25) is 0 Å². The van der Waals surface area contributed by atoms with Gasteiger partial charge < -0.3 is 4.74 Å². The lowest BCUT2D eigenvalue weighted by Crippen LogP contribution is -2.04. The van der Waals surface area contributed by atoms with Crippen LogP contribution in [0, 0.1) is 5.82 Å². The minimum atomic E-state index is -0.259. The molecule has 4 rings (SSSR count). The van der Waals surface area contributed by atoms with E-state index in [0.29, 0.717) is 24.2 Å². The number of nitrogens with zero attached hydrogens (tertiary/aromatic N) is 5. The lowest BCUT2D eigenvalue weighted by molar-refractivity contribution is 0.404. The maximum atomic E-state index is 14.2. The second kappa shape index (κ2) is 7.72. The summed E-state index contributed by atoms with van der Waals surface area (Å²) in [6.07, 6.45) is 6.98. The van der Waals surface area contributed by atoms with Crippen molar-refractivity contribution < 1.29 is 9.13 Å². The number of methoxy groups -OCH3 is 1. The van der Waals surface area contributed by atoms with Crippen molar-refractivity contribution in [3.05, 3.63) is 72.0 Å². The third-order valence-electron chi connectivity index (χ3n) is 4.89. The Morgan fingerprint density at radius 1 is 1.11 bits per heavy atom. The van der Waals surface area contributed by atoms with Crippen molar-refractivity contribution in [3.8, 4) is 16.9 Å². The van der Waals surface area contributed by atoms with E-state index in [1.807, 2.05) is 16.5 Å². The lowest BCUT2D eigenvalue weighted by Gasteiger charge is -2.12. The zero-order valence-corrected chi connectivity index (χ0v) is 15.8. The molecule has 0 fully saturated rings. The second-order valence-corrected chi connectivity index (χ2v) is 6.42. The second-order valence-electron chi connectivity index (χ2n) is 6.42. The first-order valence-electron chi connectivity index (χ1n) is 9.15. The molecule has 0 radical (unpaired) electrons. The Bertz CT molecular complexity index is 1120. The minimum Gasteiger partial charge on any atom is -0.496 e. The molecule has 0 atom stereocenters. The van der Waals surface area contributed by atoms with Crippen LogP contribution in [0.1, 0.15) is 23.9 Å². The van der Waals surface area contributed by atoms with Crippen LogP contribution in [0.4, 0.5) is 4.39 Å². The molecular weight excluding hydrogens is 357 g/mol. The van der Waals surface area contributed by atoms with Gasteiger partial charge in [-0.05, 0) is 43.5 Å². The highest BCUT2D eigenvalue weighted by Crippen LogP contribution is 2.28. The van der Waals surface area contributed by atoms with Crippen LogP contribution in [-0.4, -0.2) is 31.7 Å². The van der Waals surface area contributed by atoms with E-state index in [0.717, 1.165) is 34.6 Å². The highest BCUT2D eigenvalue weighted by Gasteiger charge is 2.15. The van der Waals surface area contributed by atoms with Gasteiger partial charge in [0.1, 0.15) is 24.2 Å². The Labute approximate surface area is 162 Å². The van der Waals surface area contributed by atoms with Gasteiger partial charge in [-0.25, -0.2) is 14.4 Å². The summed E-state index contributed by atoms with van der Waals surface area (Å²) >= 11 is 0. The molecule has 7 heteroatoms. The minimum absolute atomic E-state index is 0.259. The monoisotopic (exact) mass is 377 g/mol. The van der Waals surface area contributed by atoms with Crippen molar-refractivity contribution in [2.75, 3.05) is 7.11 Å². The van der Waals surface area contributed by atoms with Gasteiger partial charge in [0.15, 0.2) is 5.65 Å². The summed E-state index contributed by atoms with van der Waals surface area (Å²) in [5.74, 6) is 0.302. The number of pyridine rings is 1. The largest absolute Gasteiger partial charge is 0.496 e. The van der Waals surface area contributed by atoms with Crippen molar-refractivity contribution in [2.24, 2.45) is 0 Å². The van der Waals surface area contributed by atoms with Gasteiger partial charge in [-0.15, -0.1) is 10.2 Å². The number of hydrogen-bond acceptors (Lipinski definition) is 5. The lowest BCUT2D eigenvalue weighted by atomic mass is 10.0. The van der Waals surface area contributed by atoms with Gasteiger partial charge in [-0.1, -0.05) is 13.0 Å². The van der Waals surface area contributed by atoms with Crippen LogP contribution in [0.3, 0.4) is 0 Å². The Morgan fingerprint density at radius 2 is 2.00 bits per heavy atom. The number of aryl methyl sites for hydroxylation is 2. The summed E-state index contributed by atoms with van der Waals surface area (Å²) in [5, 5.41) is 8.38. The number of ether oxygens (including phenoxy) is 1. The standard InChI is InChI=1S/C21H20FN5O/c1-3-19-17(11-23-12-24-19)15-9-7-14(27-13-25-26-21(15)27)8-10-16-18(22)5-4-6-20(16)28-2/h4-7,9,11-13H,3,8,10H2,1-2H3. The van der Waals surface area contributed by atoms with E-state index in [2.05, 4.69) is 27.1 Å². The third kappa shape index (κ3) is 3.19. The predicted octanol–water partition coefficient (Wildman–Crippen LogP) is 3.68. The number of fused-ring (bicyclic) bond motifs is 1. The van der Waals surface area contributed by atoms with Crippen molar-refractivity contribution in [1.82, 2.24) is 24.6 Å². The number of halogens is 1. The number of rotatable bonds is 6. The first-order chi connectivity index (χ1) is 13.7. The van der Waals surface area contributed by atoms with Gasteiger partial charge in [0.2, 0.25) is 0 Å². The maximum Gasteiger partial charge on any atom is 0.168 e. The SMILES string of the molecule is CCc1ncncc1-c1ccc(CCc2c(F)cccc2OC)n2cnnc12. The maximum absolute atomic E-state index is 14.2. The Balaban J connectivity index is 1.71. The molecule has 6 nitrogen and oxygen atoms in total. The number of benzene rings is 1. The van der Waals surface area contributed by atoms with Crippen LogP contribution in [0.15, 0.2) is 49.2 Å². The molecule has 0 aliphatic carbocycles. The average Bonchev–Trinajstić information content (AvgIpc) is 3.22. The van der Waals surface area contributed by atoms with E-state index < -0.39 is 0 Å². The zero-order chi connectivity index (χ0) is 19.5. The fraction of sp³-hybridized carbons (Fsp3) is 0.238. The molecule has 0 N–H and O–H groups in total. The molecule has 0 saturated heterocycles. The quantitative estimate of drug-likeness (QED) is 0.513. The topological polar surface area (TPSA) is 65.2 Å². The summed E-state index contributed by atoms with van der Waals surface area (Å²) in [7, 11) is 1.55. The van der Waals surface area contributed by atoms with Crippen molar-refractivity contribution in [1.29, 1.82) is 0 Å². The molecule has 0 unspecified atom stereocenters. The smallest absolute Gasteiger partial charge is 0.168 e. The van der Waals surface area contributed by atoms with Gasteiger partial charge >= 0.3 is 0 Å². The van der Waals surface area contributed by atoms with Gasteiger partial charge in [-0.3, -0.25) is 4.40 Å². The predicted molar refractivity (Wildman–Crippen MR) is 104 cm³/mol. The zero-order valence-electron chi connectivity index (χ0n) is 15.8. The highest BCUT2D eigenvalue weighted by molar-refractivity contribution is 5.78. The van der Waals surface area contributed by atoms with Crippen molar-refractivity contribution in [3.63, 3.8) is 0 Å². The molecule has 0 bridgehead atoms. The molecule has 3 aromatic heterocycles. The van der Waals surface area contributed by atoms with Crippen LogP contribution in [-0.2, 0) is 19.3 Å². The van der Waals surface area contributed by atoms with Crippen LogP contribution < -0.4 is 4.74 Å². The third-order valence-corrected chi connectivity index (χ3v) is 4.89. The van der Waals surface area contributed by atoms with Gasteiger partial charge in [0, 0.05) is 28.6 Å². The summed E-state index contributed by atoms with van der Waals surface area (Å²) in [5.41, 5.74) is 5.14. The van der Waals surface area contributed by atoms with E-state index in [9.17, 15) is 4.39 Å². The molecule has 142 valence electrons. The van der Waals surface area contributed by atoms with E-state index in [-0.39, 0.29) is 5.82 Å². The molecule has 28 heavy (non-hydrogen) atoms. The molecule has 0 amide bonds. The summed E-state index contributed by atoms with van der Waals surface area (Å²) < 4.78 is 21.5. The molecule has 0 aliphatic heterocycles. The Kier molecular flexibility index (Phi) is 4.97. The molecule has 4 aromatic rings. The van der Waals surface area contributed by atoms with Gasteiger partial charge in [-0.2, -0.15) is 0 Å². The van der Waals surface area contributed by atoms with E-state index >= 15 is 0 Å². The van der Waals surface area contributed by atoms with Crippen LogP contribution in [0.5, 0.6) is 5.75 Å². The Morgan fingerprint density at radius 3 is 2.82 bits per heavy atom. The normalized spacial score (nSPS) is 11.1. The highest BCUT2D eigenvalue weighted by atomic mass is 19.1. The molecule has 0 saturated carbocycles. The first-order valence-corrected chi connectivity index (χ1v) is 9.15. The fourth-order valence-corrected chi connectivity index (χ4v) is 3.46. The van der Waals surface area contributed by atoms with Crippen molar-refractivity contribution in [2.45, 2.75) is 26.2 Å². The van der Waals surface area contributed by atoms with E-state index in [1.54, 1.807) is 38.1 Å². The van der Waals surface area contributed by atoms with Crippen LogP contribution in [0.25, 0.3) is 16.8 Å². The number of hydrogen-bond donors (Lipinski definition) is 0. The van der Waals surface area contributed by atoms with Gasteiger partial charge in [0.25, 0.3) is 0 Å². The average molecular weight is 377 g/mol. The van der Waals surface area contributed by atoms with Crippen LogP contribution >= 0.6 is 0 Å². The summed E-state index contributed by atoms with van der Waals surface area (Å²) in [6.45, 7) is 2.06. The van der Waals surface area contributed by atoms with Crippen molar-refractivity contribution >= 4 is 5.65 Å². The molecule has 0 aliphatic rings. The molecule has 1 aromatic carbocycles. The summed E-state index contributed by atoms with van der Waals surface area (Å²) in [6, 6.07) is 8.91. The van der Waals surface area contributed by atoms with Gasteiger partial charge in [0.05, 0.1) is 12.8 Å². The van der Waals surface area contributed by atoms with E-state index in [1.165, 1.54) is 6.07 Å². The van der Waals surface area contributed by atoms with E-state index in [4.69, 9.17) is 4.74 Å². The summed E-state index contributed by atoms with van der Waals surface area (Å²) in [4.78, 5) is 8.53. The number of aromatic nitrogens is 5. The Hall–Kier alpha value is -3.35. The first kappa shape index (κ1) is 18.0. The fourth-order valence-electron chi connectivity index (χ4n) is 3.46. The molecule has 3 heterocycles. The molecule has 0 spiro atoms. The molecular formula is C21H20FN5O.